The molecule has 1 spiro atoms. The third kappa shape index (κ3) is 3.50. The molecule has 128 valence electrons. The SMILES string of the molecule is CCOC1CC(N=C(N)Nc2ccc(C)c(C)c2)C12CCC2.I. The van der Waals surface area contributed by atoms with Gasteiger partial charge >= 0.3 is 0 Å². The van der Waals surface area contributed by atoms with Crippen LogP contribution in [0.25, 0.3) is 0 Å². The van der Waals surface area contributed by atoms with Crippen LogP contribution in [0.5, 0.6) is 0 Å². The molecule has 4 nitrogen and oxygen atoms in total. The van der Waals surface area contributed by atoms with Gasteiger partial charge < -0.3 is 15.8 Å². The van der Waals surface area contributed by atoms with Gasteiger partial charge in [0.1, 0.15) is 0 Å². The first kappa shape index (κ1) is 18.5. The maximum absolute atomic E-state index is 6.12. The van der Waals surface area contributed by atoms with Crippen molar-refractivity contribution in [1.29, 1.82) is 0 Å². The van der Waals surface area contributed by atoms with E-state index in [9.17, 15) is 0 Å². The van der Waals surface area contributed by atoms with Crippen molar-refractivity contribution < 1.29 is 4.74 Å². The zero-order chi connectivity index (χ0) is 15.7. The lowest BCUT2D eigenvalue weighted by Gasteiger charge is -2.59. The van der Waals surface area contributed by atoms with E-state index in [1.54, 1.807) is 0 Å². The monoisotopic (exact) mass is 429 g/mol. The summed E-state index contributed by atoms with van der Waals surface area (Å²) in [7, 11) is 0. The number of aliphatic imine (C=N–C) groups is 1. The first-order valence-electron chi connectivity index (χ1n) is 8.34. The molecule has 0 amide bonds. The number of nitrogens with one attached hydrogen (secondary N) is 1. The summed E-state index contributed by atoms with van der Waals surface area (Å²) in [5, 5.41) is 3.23. The molecular weight excluding hydrogens is 401 g/mol. The van der Waals surface area contributed by atoms with Crippen LogP contribution in [-0.2, 0) is 4.74 Å². The first-order valence-corrected chi connectivity index (χ1v) is 8.34. The predicted octanol–water partition coefficient (Wildman–Crippen LogP) is 4.00. The van der Waals surface area contributed by atoms with Gasteiger partial charge in [0.2, 0.25) is 0 Å². The van der Waals surface area contributed by atoms with Crippen LogP contribution in [0.1, 0.15) is 43.7 Å². The molecule has 0 radical (unpaired) electrons. The molecule has 0 heterocycles. The van der Waals surface area contributed by atoms with Crippen molar-refractivity contribution in [2.45, 2.75) is 58.6 Å². The molecule has 0 saturated heterocycles. The Morgan fingerprint density at radius 1 is 1.35 bits per heavy atom. The Morgan fingerprint density at radius 2 is 2.09 bits per heavy atom. The lowest BCUT2D eigenvalue weighted by molar-refractivity contribution is -0.162. The van der Waals surface area contributed by atoms with E-state index in [2.05, 4.69) is 38.2 Å². The van der Waals surface area contributed by atoms with E-state index in [1.807, 2.05) is 6.07 Å². The van der Waals surface area contributed by atoms with Crippen molar-refractivity contribution in [3.63, 3.8) is 0 Å². The number of hydrogen-bond donors (Lipinski definition) is 2. The number of halogens is 1. The number of aryl methyl sites for hydroxylation is 2. The standard InChI is InChI=1S/C18H27N3O.HI/c1-4-22-16-11-15(18(16)8-5-9-18)21-17(19)20-14-7-6-12(2)13(3)10-14;/h6-7,10,15-16H,4-5,8-9,11H2,1-3H3,(H3,19,20,21);1H. The molecule has 2 fully saturated rings. The number of hydrogen-bond acceptors (Lipinski definition) is 2. The molecule has 0 aromatic heterocycles. The molecule has 5 heteroatoms. The molecule has 2 aliphatic carbocycles. The summed E-state index contributed by atoms with van der Waals surface area (Å²) in [5.41, 5.74) is 9.94. The highest BCUT2D eigenvalue weighted by atomic mass is 127. The largest absolute Gasteiger partial charge is 0.378 e. The number of benzene rings is 1. The van der Waals surface area contributed by atoms with Gasteiger partial charge in [0, 0.05) is 17.7 Å². The summed E-state index contributed by atoms with van der Waals surface area (Å²) in [6.45, 7) is 7.08. The van der Waals surface area contributed by atoms with Crippen LogP contribution in [0.3, 0.4) is 0 Å². The summed E-state index contributed by atoms with van der Waals surface area (Å²) in [5.74, 6) is 0.523. The fourth-order valence-corrected chi connectivity index (χ4v) is 3.75. The van der Waals surface area contributed by atoms with Crippen LogP contribution in [-0.4, -0.2) is 24.7 Å². The second-order valence-corrected chi connectivity index (χ2v) is 6.72. The van der Waals surface area contributed by atoms with Crippen molar-refractivity contribution >= 4 is 35.6 Å². The third-order valence-electron chi connectivity index (χ3n) is 5.47. The van der Waals surface area contributed by atoms with Crippen molar-refractivity contribution in [3.8, 4) is 0 Å². The van der Waals surface area contributed by atoms with Crippen molar-refractivity contribution in [2.24, 2.45) is 16.1 Å². The Balaban J connectivity index is 0.00000192. The van der Waals surface area contributed by atoms with Gasteiger partial charge in [0.15, 0.2) is 5.96 Å². The van der Waals surface area contributed by atoms with Crippen molar-refractivity contribution in [3.05, 3.63) is 29.3 Å². The normalized spacial score (nSPS) is 25.3. The van der Waals surface area contributed by atoms with E-state index in [4.69, 9.17) is 15.5 Å². The van der Waals surface area contributed by atoms with Gasteiger partial charge in [-0.2, -0.15) is 0 Å². The lowest BCUT2D eigenvalue weighted by atomic mass is 9.51. The maximum atomic E-state index is 6.12. The zero-order valence-electron chi connectivity index (χ0n) is 14.3. The minimum absolute atomic E-state index is 0. The van der Waals surface area contributed by atoms with E-state index >= 15 is 0 Å². The Hall–Kier alpha value is -0.820. The second kappa shape index (κ2) is 7.38. The second-order valence-electron chi connectivity index (χ2n) is 6.72. The smallest absolute Gasteiger partial charge is 0.193 e. The highest BCUT2D eigenvalue weighted by molar-refractivity contribution is 14.0. The van der Waals surface area contributed by atoms with E-state index in [0.29, 0.717) is 18.1 Å². The summed E-state index contributed by atoms with van der Waals surface area (Å²) in [6, 6.07) is 6.58. The number of ether oxygens (including phenoxy) is 1. The van der Waals surface area contributed by atoms with Crippen molar-refractivity contribution in [1.82, 2.24) is 0 Å². The highest BCUT2D eigenvalue weighted by Crippen LogP contribution is 2.58. The Bertz CT molecular complexity index is 584. The van der Waals surface area contributed by atoms with Crippen LogP contribution in [0.4, 0.5) is 5.69 Å². The average molecular weight is 429 g/mol. The molecule has 1 aromatic carbocycles. The molecule has 2 saturated carbocycles. The summed E-state index contributed by atoms with van der Waals surface area (Å²) in [6.07, 6.45) is 5.13. The van der Waals surface area contributed by atoms with Gasteiger partial charge in [-0.05, 0) is 63.3 Å². The van der Waals surface area contributed by atoms with Crippen LogP contribution in [0, 0.1) is 19.3 Å². The van der Waals surface area contributed by atoms with Crippen LogP contribution >= 0.6 is 24.0 Å². The summed E-state index contributed by atoms with van der Waals surface area (Å²) >= 11 is 0. The minimum atomic E-state index is 0. The van der Waals surface area contributed by atoms with E-state index in [0.717, 1.165) is 18.7 Å². The molecule has 2 unspecified atom stereocenters. The van der Waals surface area contributed by atoms with Crippen LogP contribution < -0.4 is 11.1 Å². The molecule has 3 N–H and O–H groups in total. The van der Waals surface area contributed by atoms with Gasteiger partial charge in [0.25, 0.3) is 0 Å². The lowest BCUT2D eigenvalue weighted by Crippen LogP contribution is -2.61. The number of rotatable bonds is 4. The van der Waals surface area contributed by atoms with Gasteiger partial charge in [-0.3, -0.25) is 0 Å². The van der Waals surface area contributed by atoms with Gasteiger partial charge in [-0.15, -0.1) is 24.0 Å². The highest BCUT2D eigenvalue weighted by Gasteiger charge is 2.59. The average Bonchev–Trinajstić information content (AvgIpc) is 2.40. The Labute approximate surface area is 156 Å². The van der Waals surface area contributed by atoms with Gasteiger partial charge in [-0.25, -0.2) is 4.99 Å². The van der Waals surface area contributed by atoms with Crippen LogP contribution in [0.15, 0.2) is 23.2 Å². The molecule has 23 heavy (non-hydrogen) atoms. The van der Waals surface area contributed by atoms with Gasteiger partial charge in [0.05, 0.1) is 12.1 Å². The van der Waals surface area contributed by atoms with E-state index < -0.39 is 0 Å². The molecule has 2 aliphatic rings. The van der Waals surface area contributed by atoms with Gasteiger partial charge in [-0.1, -0.05) is 12.5 Å². The Morgan fingerprint density at radius 3 is 2.65 bits per heavy atom. The molecule has 0 bridgehead atoms. The molecule has 1 aromatic rings. The predicted molar refractivity (Wildman–Crippen MR) is 107 cm³/mol. The quantitative estimate of drug-likeness (QED) is 0.432. The molecule has 2 atom stereocenters. The maximum Gasteiger partial charge on any atom is 0.193 e. The number of nitrogens with two attached hydrogens (primary N) is 1. The van der Waals surface area contributed by atoms with Crippen molar-refractivity contribution in [2.75, 3.05) is 11.9 Å². The topological polar surface area (TPSA) is 59.6 Å². The molecule has 0 aliphatic heterocycles. The number of guanidine groups is 1. The summed E-state index contributed by atoms with van der Waals surface area (Å²) < 4.78 is 5.86. The van der Waals surface area contributed by atoms with E-state index in [1.165, 1.54) is 30.4 Å². The number of nitrogens with zero attached hydrogens (tertiary/aromatic N) is 1. The van der Waals surface area contributed by atoms with E-state index in [-0.39, 0.29) is 29.4 Å². The molecule has 3 rings (SSSR count). The fraction of sp³-hybridized carbons (Fsp3) is 0.611. The summed E-state index contributed by atoms with van der Waals surface area (Å²) in [4.78, 5) is 4.74. The first-order chi connectivity index (χ1) is 10.5. The van der Waals surface area contributed by atoms with Crippen LogP contribution in [0.2, 0.25) is 0 Å². The fourth-order valence-electron chi connectivity index (χ4n) is 3.75. The Kier molecular flexibility index (Phi) is 5.94. The zero-order valence-corrected chi connectivity index (χ0v) is 16.6. The molecular formula is C18H28IN3O. The minimum Gasteiger partial charge on any atom is -0.378 e. The third-order valence-corrected chi connectivity index (χ3v) is 5.47. The number of anilines is 1.